The third-order valence-electron chi connectivity index (χ3n) is 3.55. The maximum atomic E-state index is 5.83. The molecule has 7 heteroatoms. The third-order valence-corrected chi connectivity index (χ3v) is 3.55. The van der Waals surface area contributed by atoms with Crippen LogP contribution in [0.2, 0.25) is 0 Å². The van der Waals surface area contributed by atoms with E-state index in [1.54, 1.807) is 11.8 Å². The lowest BCUT2D eigenvalue weighted by atomic mass is 10.2. The zero-order valence-electron chi connectivity index (χ0n) is 13.8. The molecule has 0 fully saturated rings. The van der Waals surface area contributed by atoms with Crippen molar-refractivity contribution in [2.75, 3.05) is 12.4 Å². The largest absolute Gasteiger partial charge is 0.497 e. The second-order valence-corrected chi connectivity index (χ2v) is 5.33. The zero-order valence-corrected chi connectivity index (χ0v) is 13.8. The maximum absolute atomic E-state index is 5.83. The van der Waals surface area contributed by atoms with Crippen LogP contribution in [0.3, 0.4) is 0 Å². The molecule has 1 N–H and O–H groups in total. The van der Waals surface area contributed by atoms with Crippen LogP contribution in [0, 0.1) is 0 Å². The fourth-order valence-corrected chi connectivity index (χ4v) is 2.34. The minimum atomic E-state index is -0.00449. The molecular formula is C17H19N5O2. The number of tetrazole rings is 1. The Morgan fingerprint density at radius 2 is 1.79 bits per heavy atom. The molecule has 1 atom stereocenters. The van der Waals surface area contributed by atoms with Crippen molar-refractivity contribution in [2.45, 2.75) is 13.0 Å². The minimum Gasteiger partial charge on any atom is -0.497 e. The van der Waals surface area contributed by atoms with Gasteiger partial charge in [-0.25, -0.2) is 4.68 Å². The van der Waals surface area contributed by atoms with Gasteiger partial charge >= 0.3 is 0 Å². The summed E-state index contributed by atoms with van der Waals surface area (Å²) in [6, 6.07) is 15.2. The zero-order chi connectivity index (χ0) is 16.9. The number of nitrogens with one attached hydrogen (secondary N) is 1. The topological polar surface area (TPSA) is 74.1 Å². The molecule has 1 aromatic heterocycles. The molecule has 0 radical (unpaired) electrons. The first kappa shape index (κ1) is 15.8. The number of ether oxygens (including phenoxy) is 2. The Morgan fingerprint density at radius 3 is 2.46 bits per heavy atom. The molecule has 2 aromatic carbocycles. The Kier molecular flexibility index (Phi) is 4.60. The number of aryl methyl sites for hydroxylation is 1. The highest BCUT2D eigenvalue weighted by Gasteiger charge is 2.12. The molecule has 0 amide bonds. The van der Waals surface area contributed by atoms with Crippen molar-refractivity contribution in [3.63, 3.8) is 0 Å². The first-order chi connectivity index (χ1) is 11.7. The fraction of sp³-hybridized carbons (Fsp3) is 0.235. The molecule has 0 aliphatic carbocycles. The van der Waals surface area contributed by atoms with E-state index in [0.29, 0.717) is 0 Å². The fourth-order valence-electron chi connectivity index (χ4n) is 2.34. The summed E-state index contributed by atoms with van der Waals surface area (Å²) in [7, 11) is 3.45. The number of nitrogens with zero attached hydrogens (tertiary/aromatic N) is 4. The molecule has 3 aromatic rings. The predicted molar refractivity (Wildman–Crippen MR) is 90.3 cm³/mol. The van der Waals surface area contributed by atoms with Crippen LogP contribution in [0.15, 0.2) is 48.5 Å². The number of hydrogen-bond acceptors (Lipinski definition) is 6. The average Bonchev–Trinajstić information content (AvgIpc) is 3.03. The molecule has 24 heavy (non-hydrogen) atoms. The normalized spacial score (nSPS) is 11.8. The Balaban J connectivity index is 1.66. The van der Waals surface area contributed by atoms with Gasteiger partial charge in [0.1, 0.15) is 17.2 Å². The van der Waals surface area contributed by atoms with Crippen LogP contribution in [0.5, 0.6) is 17.2 Å². The minimum absolute atomic E-state index is 0.00449. The van der Waals surface area contributed by atoms with Crippen LogP contribution < -0.4 is 14.8 Å². The average molecular weight is 325 g/mol. The summed E-state index contributed by atoms with van der Waals surface area (Å²) in [4.78, 5) is 0. The summed E-state index contributed by atoms with van der Waals surface area (Å²) >= 11 is 0. The summed E-state index contributed by atoms with van der Waals surface area (Å²) in [5, 5.41) is 14.9. The van der Waals surface area contributed by atoms with Crippen LogP contribution in [-0.2, 0) is 7.05 Å². The highest BCUT2D eigenvalue weighted by Crippen LogP contribution is 2.26. The van der Waals surface area contributed by atoms with E-state index in [0.717, 1.165) is 28.8 Å². The molecule has 0 saturated carbocycles. The first-order valence-electron chi connectivity index (χ1n) is 7.56. The molecule has 0 spiro atoms. The van der Waals surface area contributed by atoms with E-state index in [4.69, 9.17) is 9.47 Å². The number of anilines is 1. The van der Waals surface area contributed by atoms with Gasteiger partial charge in [-0.3, -0.25) is 0 Å². The SMILES string of the molecule is COc1cccc(Oc2ccc(N[C@@H](C)c3nnnn3C)cc2)c1. The van der Waals surface area contributed by atoms with E-state index in [1.165, 1.54) is 0 Å². The van der Waals surface area contributed by atoms with E-state index < -0.39 is 0 Å². The second kappa shape index (κ2) is 6.99. The van der Waals surface area contributed by atoms with E-state index >= 15 is 0 Å². The number of rotatable bonds is 6. The Hall–Kier alpha value is -3.09. The second-order valence-electron chi connectivity index (χ2n) is 5.33. The molecular weight excluding hydrogens is 306 g/mol. The standard InChI is InChI=1S/C17H19N5O2/c1-12(17-19-20-21-22(17)2)18-13-7-9-14(10-8-13)24-16-6-4-5-15(11-16)23-3/h4-12,18H,1-3H3/t12-/m0/s1. The van der Waals surface area contributed by atoms with Crippen LogP contribution in [0.25, 0.3) is 0 Å². The summed E-state index contributed by atoms with van der Waals surface area (Å²) in [6.07, 6.45) is 0. The van der Waals surface area contributed by atoms with Crippen LogP contribution >= 0.6 is 0 Å². The van der Waals surface area contributed by atoms with E-state index in [1.807, 2.05) is 62.5 Å². The van der Waals surface area contributed by atoms with Crippen molar-refractivity contribution in [2.24, 2.45) is 7.05 Å². The summed E-state index contributed by atoms with van der Waals surface area (Å²) in [5.74, 6) is 3.01. The van der Waals surface area contributed by atoms with Crippen molar-refractivity contribution in [1.29, 1.82) is 0 Å². The van der Waals surface area contributed by atoms with Gasteiger partial charge in [-0.2, -0.15) is 0 Å². The summed E-state index contributed by atoms with van der Waals surface area (Å²) in [5.41, 5.74) is 0.962. The van der Waals surface area contributed by atoms with Gasteiger partial charge in [0.2, 0.25) is 0 Å². The Bertz CT molecular complexity index is 801. The number of benzene rings is 2. The van der Waals surface area contributed by atoms with Crippen molar-refractivity contribution < 1.29 is 9.47 Å². The van der Waals surface area contributed by atoms with Gasteiger partial charge in [-0.15, -0.1) is 5.10 Å². The van der Waals surface area contributed by atoms with Gasteiger partial charge in [0.05, 0.1) is 13.2 Å². The Morgan fingerprint density at radius 1 is 1.04 bits per heavy atom. The molecule has 0 saturated heterocycles. The molecule has 0 unspecified atom stereocenters. The maximum Gasteiger partial charge on any atom is 0.173 e. The van der Waals surface area contributed by atoms with Gasteiger partial charge < -0.3 is 14.8 Å². The van der Waals surface area contributed by atoms with Crippen molar-refractivity contribution in [3.8, 4) is 17.2 Å². The first-order valence-corrected chi connectivity index (χ1v) is 7.56. The highest BCUT2D eigenvalue weighted by atomic mass is 16.5. The molecule has 0 aliphatic heterocycles. The van der Waals surface area contributed by atoms with Crippen LogP contribution in [0.1, 0.15) is 18.8 Å². The smallest absolute Gasteiger partial charge is 0.173 e. The van der Waals surface area contributed by atoms with Gasteiger partial charge in [0.15, 0.2) is 5.82 Å². The molecule has 124 valence electrons. The van der Waals surface area contributed by atoms with Crippen molar-refractivity contribution in [1.82, 2.24) is 20.2 Å². The number of aromatic nitrogens is 4. The number of hydrogen-bond donors (Lipinski definition) is 1. The molecule has 7 nitrogen and oxygen atoms in total. The number of methoxy groups -OCH3 is 1. The van der Waals surface area contributed by atoms with Gasteiger partial charge in [-0.1, -0.05) is 6.07 Å². The van der Waals surface area contributed by atoms with Gasteiger partial charge in [0, 0.05) is 18.8 Å². The lowest BCUT2D eigenvalue weighted by Crippen LogP contribution is -2.12. The summed E-state index contributed by atoms with van der Waals surface area (Å²) in [6.45, 7) is 2.01. The van der Waals surface area contributed by atoms with E-state index in [2.05, 4.69) is 20.8 Å². The molecule has 0 bridgehead atoms. The van der Waals surface area contributed by atoms with Gasteiger partial charge in [-0.05, 0) is 53.7 Å². The predicted octanol–water partition coefficient (Wildman–Crippen LogP) is 3.18. The highest BCUT2D eigenvalue weighted by molar-refractivity contribution is 5.48. The molecule has 3 rings (SSSR count). The van der Waals surface area contributed by atoms with E-state index in [9.17, 15) is 0 Å². The van der Waals surface area contributed by atoms with Crippen molar-refractivity contribution >= 4 is 5.69 Å². The van der Waals surface area contributed by atoms with Crippen LogP contribution in [-0.4, -0.2) is 27.3 Å². The molecule has 0 aliphatic rings. The molecule has 1 heterocycles. The quantitative estimate of drug-likeness (QED) is 0.750. The van der Waals surface area contributed by atoms with Crippen LogP contribution in [0.4, 0.5) is 5.69 Å². The Labute approximate surface area is 140 Å². The van der Waals surface area contributed by atoms with Crippen molar-refractivity contribution in [3.05, 3.63) is 54.4 Å². The monoisotopic (exact) mass is 325 g/mol. The van der Waals surface area contributed by atoms with Gasteiger partial charge in [0.25, 0.3) is 0 Å². The van der Waals surface area contributed by atoms with E-state index in [-0.39, 0.29) is 6.04 Å². The summed E-state index contributed by atoms with van der Waals surface area (Å²) < 4.78 is 12.7. The lowest BCUT2D eigenvalue weighted by molar-refractivity contribution is 0.409. The third kappa shape index (κ3) is 3.62. The lowest BCUT2D eigenvalue weighted by Gasteiger charge is -2.14.